The van der Waals surface area contributed by atoms with Gasteiger partial charge >= 0.3 is 0 Å². The van der Waals surface area contributed by atoms with Gasteiger partial charge in [0, 0.05) is 5.56 Å². The van der Waals surface area contributed by atoms with Gasteiger partial charge in [0.2, 0.25) is 6.29 Å². The van der Waals surface area contributed by atoms with Crippen LogP contribution in [-0.4, -0.2) is 17.1 Å². The van der Waals surface area contributed by atoms with E-state index in [1.807, 2.05) is 6.07 Å². The minimum Gasteiger partial charge on any atom is -0.363 e. The number of nitrogens with zero attached hydrogens (tertiary/aromatic N) is 1. The monoisotopic (exact) mass is 251 g/mol. The molecule has 2 aromatic rings. The molecule has 0 amide bonds. The van der Waals surface area contributed by atoms with Gasteiger partial charge in [0.05, 0.1) is 12.1 Å². The minimum absolute atomic E-state index is 0.465. The van der Waals surface area contributed by atoms with Crippen molar-refractivity contribution in [2.75, 3.05) is 0 Å². The zero-order chi connectivity index (χ0) is 12.8. The van der Waals surface area contributed by atoms with E-state index in [9.17, 15) is 5.11 Å². The Labute approximate surface area is 111 Å². The van der Waals surface area contributed by atoms with Gasteiger partial charge in [-0.15, -0.1) is 0 Å². The van der Waals surface area contributed by atoms with Crippen molar-refractivity contribution in [3.8, 4) is 11.1 Å². The third-order valence-corrected chi connectivity index (χ3v) is 3.81. The van der Waals surface area contributed by atoms with Gasteiger partial charge in [-0.3, -0.25) is 0 Å². The first kappa shape index (κ1) is 10.8. The standard InChI is InChI=1S/C16H13NO2/c18-16-9-15(17-19-16)13-7-3-6-12-11-5-2-1-4-10(11)8-14(12)13/h1-7,16,18H,8-9H2. The molecule has 3 nitrogen and oxygen atoms in total. The van der Waals surface area contributed by atoms with Crippen LogP contribution in [0.25, 0.3) is 11.1 Å². The molecular formula is C16H13NO2. The first-order valence-electron chi connectivity index (χ1n) is 6.44. The topological polar surface area (TPSA) is 41.8 Å². The summed E-state index contributed by atoms with van der Waals surface area (Å²) in [6.45, 7) is 0. The van der Waals surface area contributed by atoms with Gasteiger partial charge in [-0.2, -0.15) is 0 Å². The summed E-state index contributed by atoms with van der Waals surface area (Å²) in [5.41, 5.74) is 7.17. The highest BCUT2D eigenvalue weighted by Crippen LogP contribution is 2.38. The van der Waals surface area contributed by atoms with E-state index >= 15 is 0 Å². The van der Waals surface area contributed by atoms with Crippen LogP contribution in [0.15, 0.2) is 47.6 Å². The summed E-state index contributed by atoms with van der Waals surface area (Å²) in [6.07, 6.45) is 0.596. The third kappa shape index (κ3) is 1.59. The van der Waals surface area contributed by atoms with E-state index < -0.39 is 6.29 Å². The van der Waals surface area contributed by atoms with E-state index in [4.69, 9.17) is 4.84 Å². The summed E-state index contributed by atoms with van der Waals surface area (Å²) < 4.78 is 0. The zero-order valence-electron chi connectivity index (χ0n) is 10.3. The van der Waals surface area contributed by atoms with Gasteiger partial charge in [0.15, 0.2) is 0 Å². The van der Waals surface area contributed by atoms with Crippen molar-refractivity contribution in [1.29, 1.82) is 0 Å². The van der Waals surface area contributed by atoms with Crippen LogP contribution in [0.2, 0.25) is 0 Å². The Hall–Kier alpha value is -2.13. The van der Waals surface area contributed by atoms with E-state index in [0.29, 0.717) is 6.42 Å². The van der Waals surface area contributed by atoms with Crippen LogP contribution in [0.1, 0.15) is 23.1 Å². The average molecular weight is 251 g/mol. The van der Waals surface area contributed by atoms with Crippen LogP contribution < -0.4 is 0 Å². The molecule has 0 saturated carbocycles. The second kappa shape index (κ2) is 3.93. The highest BCUT2D eigenvalue weighted by Gasteiger charge is 2.26. The summed E-state index contributed by atoms with van der Waals surface area (Å²) in [5, 5.41) is 13.4. The molecule has 1 aliphatic heterocycles. The molecule has 0 fully saturated rings. The Balaban J connectivity index is 1.86. The fourth-order valence-corrected chi connectivity index (χ4v) is 2.95. The SMILES string of the molecule is OC1CC(c2cccc3c2Cc2ccccc2-3)=NO1. The normalized spacial score (nSPS) is 19.6. The molecule has 0 spiro atoms. The van der Waals surface area contributed by atoms with Gasteiger partial charge < -0.3 is 9.94 Å². The Kier molecular flexibility index (Phi) is 2.23. The van der Waals surface area contributed by atoms with Crippen LogP contribution in [0, 0.1) is 0 Å². The van der Waals surface area contributed by atoms with Gasteiger partial charge in [-0.25, -0.2) is 0 Å². The minimum atomic E-state index is -0.797. The lowest BCUT2D eigenvalue weighted by Gasteiger charge is -2.07. The van der Waals surface area contributed by atoms with E-state index in [0.717, 1.165) is 17.7 Å². The first-order valence-corrected chi connectivity index (χ1v) is 6.44. The molecule has 3 heteroatoms. The van der Waals surface area contributed by atoms with E-state index in [1.54, 1.807) is 0 Å². The number of rotatable bonds is 1. The zero-order valence-corrected chi connectivity index (χ0v) is 10.3. The lowest BCUT2D eigenvalue weighted by atomic mass is 9.97. The van der Waals surface area contributed by atoms with Crippen molar-refractivity contribution in [2.45, 2.75) is 19.1 Å². The van der Waals surface area contributed by atoms with Crippen LogP contribution in [0.4, 0.5) is 0 Å². The van der Waals surface area contributed by atoms with E-state index in [2.05, 4.69) is 41.6 Å². The molecule has 1 atom stereocenters. The number of hydrogen-bond acceptors (Lipinski definition) is 3. The lowest BCUT2D eigenvalue weighted by Crippen LogP contribution is -2.08. The summed E-state index contributed by atoms with van der Waals surface area (Å²) in [6, 6.07) is 14.7. The van der Waals surface area contributed by atoms with Crippen molar-refractivity contribution in [3.63, 3.8) is 0 Å². The van der Waals surface area contributed by atoms with E-state index in [-0.39, 0.29) is 0 Å². The number of benzene rings is 2. The van der Waals surface area contributed by atoms with E-state index in [1.165, 1.54) is 22.3 Å². The first-order chi connectivity index (χ1) is 9.33. The Morgan fingerprint density at radius 3 is 2.63 bits per heavy atom. The predicted molar refractivity (Wildman–Crippen MR) is 72.9 cm³/mol. The highest BCUT2D eigenvalue weighted by molar-refractivity contribution is 6.04. The smallest absolute Gasteiger partial charge is 0.230 e. The summed E-state index contributed by atoms with van der Waals surface area (Å²) in [5.74, 6) is 0. The van der Waals surface area contributed by atoms with Crippen molar-refractivity contribution < 1.29 is 9.94 Å². The molecule has 2 aliphatic rings. The van der Waals surface area contributed by atoms with Gasteiger partial charge in [-0.05, 0) is 28.7 Å². The summed E-state index contributed by atoms with van der Waals surface area (Å²) in [7, 11) is 0. The molecule has 0 radical (unpaired) electrons. The molecule has 1 N–H and O–H groups in total. The molecule has 0 aromatic heterocycles. The van der Waals surface area contributed by atoms with Crippen molar-refractivity contribution in [2.24, 2.45) is 5.16 Å². The molecule has 1 heterocycles. The fraction of sp³-hybridized carbons (Fsp3) is 0.188. The number of aliphatic hydroxyl groups excluding tert-OH is 1. The maximum absolute atomic E-state index is 9.45. The Bertz CT molecular complexity index is 691. The van der Waals surface area contributed by atoms with Gasteiger partial charge in [0.25, 0.3) is 0 Å². The Morgan fingerprint density at radius 1 is 1.00 bits per heavy atom. The van der Waals surface area contributed by atoms with Gasteiger partial charge in [0.1, 0.15) is 0 Å². The maximum Gasteiger partial charge on any atom is 0.230 e. The molecular weight excluding hydrogens is 238 g/mol. The van der Waals surface area contributed by atoms with Crippen LogP contribution in [0.5, 0.6) is 0 Å². The molecule has 1 unspecified atom stereocenters. The average Bonchev–Trinajstić information content (AvgIpc) is 3.02. The van der Waals surface area contributed by atoms with Crippen molar-refractivity contribution in [1.82, 2.24) is 0 Å². The number of hydrogen-bond donors (Lipinski definition) is 1. The Morgan fingerprint density at radius 2 is 1.79 bits per heavy atom. The quantitative estimate of drug-likeness (QED) is 0.722. The fourth-order valence-electron chi connectivity index (χ4n) is 2.95. The largest absolute Gasteiger partial charge is 0.363 e. The van der Waals surface area contributed by atoms with Crippen molar-refractivity contribution >= 4 is 5.71 Å². The van der Waals surface area contributed by atoms with Gasteiger partial charge in [-0.1, -0.05) is 47.6 Å². The summed E-state index contributed by atoms with van der Waals surface area (Å²) in [4.78, 5) is 4.90. The van der Waals surface area contributed by atoms with Crippen molar-refractivity contribution in [3.05, 3.63) is 59.2 Å². The molecule has 19 heavy (non-hydrogen) atoms. The summed E-state index contributed by atoms with van der Waals surface area (Å²) >= 11 is 0. The molecule has 0 bridgehead atoms. The second-order valence-electron chi connectivity index (χ2n) is 4.97. The van der Waals surface area contributed by atoms with Crippen LogP contribution in [0.3, 0.4) is 0 Å². The lowest BCUT2D eigenvalue weighted by molar-refractivity contribution is -0.0762. The highest BCUT2D eigenvalue weighted by atomic mass is 16.7. The molecule has 2 aromatic carbocycles. The van der Waals surface area contributed by atoms with Crippen LogP contribution in [-0.2, 0) is 11.3 Å². The molecule has 1 aliphatic carbocycles. The molecule has 0 saturated heterocycles. The maximum atomic E-state index is 9.45. The second-order valence-corrected chi connectivity index (χ2v) is 4.97. The predicted octanol–water partition coefficient (Wildman–Crippen LogP) is 2.70. The van der Waals surface area contributed by atoms with Crippen LogP contribution >= 0.6 is 0 Å². The molecule has 94 valence electrons. The number of fused-ring (bicyclic) bond motifs is 3. The number of aliphatic hydroxyl groups is 1. The third-order valence-electron chi connectivity index (χ3n) is 3.81. The molecule has 4 rings (SSSR count). The number of oxime groups is 1.